The molecule has 1 aromatic rings. The van der Waals surface area contributed by atoms with Crippen LogP contribution in [0.5, 0.6) is 5.75 Å². The van der Waals surface area contributed by atoms with Crippen LogP contribution in [0.1, 0.15) is 18.1 Å². The summed E-state index contributed by atoms with van der Waals surface area (Å²) in [6.07, 6.45) is 0. The summed E-state index contributed by atoms with van der Waals surface area (Å²) in [5.41, 5.74) is 6.75. The van der Waals surface area contributed by atoms with Crippen molar-refractivity contribution in [2.45, 2.75) is 26.0 Å². The van der Waals surface area contributed by atoms with Crippen LogP contribution < -0.4 is 10.5 Å². The number of alkyl halides is 2. The predicted octanol–water partition coefficient (Wildman–Crippen LogP) is 1.67. The van der Waals surface area contributed by atoms with Crippen LogP contribution in [0, 0.1) is 0 Å². The van der Waals surface area contributed by atoms with Crippen molar-refractivity contribution in [2.75, 3.05) is 6.61 Å². The Balaban J connectivity index is 2.79. The van der Waals surface area contributed by atoms with E-state index in [0.717, 1.165) is 6.92 Å². The third-order valence-corrected chi connectivity index (χ3v) is 2.01. The van der Waals surface area contributed by atoms with E-state index in [2.05, 4.69) is 0 Å². The summed E-state index contributed by atoms with van der Waals surface area (Å²) in [6.45, 7) is 0.172. The van der Waals surface area contributed by atoms with Crippen molar-refractivity contribution in [2.24, 2.45) is 5.73 Å². The molecule has 0 saturated carbocycles. The number of hydrogen-bond acceptors (Lipinski definition) is 3. The molecule has 90 valence electrons. The first-order chi connectivity index (χ1) is 7.46. The molecule has 0 aromatic heterocycles. The first kappa shape index (κ1) is 12.9. The molecular weight excluding hydrogens is 216 g/mol. The molecule has 0 aliphatic carbocycles. The van der Waals surface area contributed by atoms with Gasteiger partial charge in [0.2, 0.25) is 0 Å². The number of aliphatic hydroxyl groups excluding tert-OH is 1. The molecule has 0 unspecified atom stereocenters. The summed E-state index contributed by atoms with van der Waals surface area (Å²) in [5.74, 6) is -2.54. The van der Waals surface area contributed by atoms with Crippen molar-refractivity contribution in [1.82, 2.24) is 0 Å². The lowest BCUT2D eigenvalue weighted by Gasteiger charge is -2.15. The molecule has 0 amide bonds. The van der Waals surface area contributed by atoms with Gasteiger partial charge in [-0.2, -0.15) is 0 Å². The van der Waals surface area contributed by atoms with Gasteiger partial charge in [-0.3, -0.25) is 0 Å². The summed E-state index contributed by atoms with van der Waals surface area (Å²) >= 11 is 0. The van der Waals surface area contributed by atoms with Crippen molar-refractivity contribution in [3.8, 4) is 5.75 Å². The van der Waals surface area contributed by atoms with Gasteiger partial charge < -0.3 is 15.6 Å². The number of ether oxygens (including phenoxy) is 1. The van der Waals surface area contributed by atoms with Crippen molar-refractivity contribution in [1.29, 1.82) is 0 Å². The number of rotatable bonds is 5. The van der Waals surface area contributed by atoms with Crippen LogP contribution in [0.3, 0.4) is 0 Å². The minimum Gasteiger partial charge on any atom is -0.487 e. The van der Waals surface area contributed by atoms with E-state index in [4.69, 9.17) is 15.6 Å². The molecule has 0 aliphatic rings. The molecule has 0 bridgehead atoms. The molecule has 0 saturated heterocycles. The normalized spacial score (nSPS) is 11.6. The van der Waals surface area contributed by atoms with E-state index in [1.807, 2.05) is 0 Å². The van der Waals surface area contributed by atoms with Crippen LogP contribution in [0.4, 0.5) is 8.78 Å². The minimum absolute atomic E-state index is 0.114. The maximum Gasteiger partial charge on any atom is 0.278 e. The monoisotopic (exact) mass is 231 g/mol. The molecule has 0 spiro atoms. The molecule has 0 radical (unpaired) electrons. The molecule has 3 nitrogen and oxygen atoms in total. The van der Waals surface area contributed by atoms with Crippen LogP contribution in [0.25, 0.3) is 0 Å². The largest absolute Gasteiger partial charge is 0.487 e. The average Bonchev–Trinajstić information content (AvgIpc) is 2.25. The van der Waals surface area contributed by atoms with Gasteiger partial charge in [0.1, 0.15) is 5.75 Å². The minimum atomic E-state index is -2.87. The quantitative estimate of drug-likeness (QED) is 0.810. The average molecular weight is 231 g/mol. The summed E-state index contributed by atoms with van der Waals surface area (Å²) in [4.78, 5) is 0. The Morgan fingerprint density at radius 3 is 2.62 bits per heavy atom. The molecule has 0 fully saturated rings. The summed E-state index contributed by atoms with van der Waals surface area (Å²) < 4.78 is 30.2. The number of benzene rings is 1. The lowest BCUT2D eigenvalue weighted by atomic mass is 10.1. The van der Waals surface area contributed by atoms with Gasteiger partial charge in [0.05, 0.1) is 6.61 Å². The third-order valence-electron chi connectivity index (χ3n) is 2.01. The zero-order valence-electron chi connectivity index (χ0n) is 9.04. The standard InChI is InChI=1S/C11H15F2NO2/c1-11(12,13)7-16-10-3-2-8(6-15)4-9(10)5-14/h2-4,15H,5-7,14H2,1H3. The Morgan fingerprint density at radius 1 is 1.44 bits per heavy atom. The maximum absolute atomic E-state index is 12.6. The topological polar surface area (TPSA) is 55.5 Å². The molecule has 0 heterocycles. The smallest absolute Gasteiger partial charge is 0.278 e. The first-order valence-electron chi connectivity index (χ1n) is 4.89. The molecule has 0 atom stereocenters. The number of nitrogens with two attached hydrogens (primary N) is 1. The van der Waals surface area contributed by atoms with Crippen LogP contribution in [-0.2, 0) is 13.2 Å². The second kappa shape index (κ2) is 5.23. The van der Waals surface area contributed by atoms with Gasteiger partial charge in [0, 0.05) is 19.0 Å². The summed E-state index contributed by atoms with van der Waals surface area (Å²) in [6, 6.07) is 4.80. The summed E-state index contributed by atoms with van der Waals surface area (Å²) in [5, 5.41) is 8.91. The summed E-state index contributed by atoms with van der Waals surface area (Å²) in [7, 11) is 0. The van der Waals surface area contributed by atoms with Crippen molar-refractivity contribution < 1.29 is 18.6 Å². The van der Waals surface area contributed by atoms with E-state index in [1.54, 1.807) is 18.2 Å². The lowest BCUT2D eigenvalue weighted by Crippen LogP contribution is -2.21. The fraction of sp³-hybridized carbons (Fsp3) is 0.455. The Hall–Kier alpha value is -1.20. The van der Waals surface area contributed by atoms with Gasteiger partial charge in [-0.15, -0.1) is 0 Å². The fourth-order valence-electron chi connectivity index (χ4n) is 1.24. The van der Waals surface area contributed by atoms with E-state index >= 15 is 0 Å². The van der Waals surface area contributed by atoms with E-state index in [1.165, 1.54) is 0 Å². The maximum atomic E-state index is 12.6. The fourth-order valence-corrected chi connectivity index (χ4v) is 1.24. The Labute approximate surface area is 92.8 Å². The highest BCUT2D eigenvalue weighted by Crippen LogP contribution is 2.22. The molecular formula is C11H15F2NO2. The van der Waals surface area contributed by atoms with Crippen molar-refractivity contribution >= 4 is 0 Å². The predicted molar refractivity (Wildman–Crippen MR) is 56.4 cm³/mol. The molecule has 0 aliphatic heterocycles. The van der Waals surface area contributed by atoms with Crippen LogP contribution in [-0.4, -0.2) is 17.6 Å². The van der Waals surface area contributed by atoms with E-state index < -0.39 is 12.5 Å². The number of hydrogen-bond donors (Lipinski definition) is 2. The van der Waals surface area contributed by atoms with Gasteiger partial charge in [-0.1, -0.05) is 6.07 Å². The van der Waals surface area contributed by atoms with E-state index in [-0.39, 0.29) is 13.2 Å². The van der Waals surface area contributed by atoms with Crippen LogP contribution >= 0.6 is 0 Å². The number of aliphatic hydroxyl groups is 1. The number of halogens is 2. The van der Waals surface area contributed by atoms with Gasteiger partial charge in [-0.25, -0.2) is 8.78 Å². The second-order valence-electron chi connectivity index (χ2n) is 3.66. The van der Waals surface area contributed by atoms with Gasteiger partial charge in [0.25, 0.3) is 5.92 Å². The van der Waals surface area contributed by atoms with Gasteiger partial charge >= 0.3 is 0 Å². The van der Waals surface area contributed by atoms with Gasteiger partial charge in [-0.05, 0) is 17.7 Å². The zero-order valence-corrected chi connectivity index (χ0v) is 9.04. The highest BCUT2D eigenvalue weighted by atomic mass is 19.3. The molecule has 1 rings (SSSR count). The molecule has 5 heteroatoms. The SMILES string of the molecule is CC(F)(F)COc1ccc(CO)cc1CN. The molecule has 3 N–H and O–H groups in total. The van der Waals surface area contributed by atoms with Gasteiger partial charge in [0.15, 0.2) is 6.61 Å². The Morgan fingerprint density at radius 2 is 2.12 bits per heavy atom. The third kappa shape index (κ3) is 3.75. The second-order valence-corrected chi connectivity index (χ2v) is 3.66. The highest BCUT2D eigenvalue weighted by Gasteiger charge is 2.22. The highest BCUT2D eigenvalue weighted by molar-refractivity contribution is 5.37. The van der Waals surface area contributed by atoms with Crippen LogP contribution in [0.2, 0.25) is 0 Å². The van der Waals surface area contributed by atoms with Crippen LogP contribution in [0.15, 0.2) is 18.2 Å². The van der Waals surface area contributed by atoms with E-state index in [9.17, 15) is 8.78 Å². The Bertz CT molecular complexity index is 350. The lowest BCUT2D eigenvalue weighted by molar-refractivity contribution is -0.0232. The van der Waals surface area contributed by atoms with E-state index in [0.29, 0.717) is 16.9 Å². The molecule has 1 aromatic carbocycles. The first-order valence-corrected chi connectivity index (χ1v) is 4.89. The van der Waals surface area contributed by atoms with Crippen molar-refractivity contribution in [3.63, 3.8) is 0 Å². The zero-order chi connectivity index (χ0) is 12.2. The van der Waals surface area contributed by atoms with Crippen molar-refractivity contribution in [3.05, 3.63) is 29.3 Å². The molecule has 16 heavy (non-hydrogen) atoms. The Kier molecular flexibility index (Phi) is 4.20.